The van der Waals surface area contributed by atoms with Gasteiger partial charge >= 0.3 is 0 Å². The van der Waals surface area contributed by atoms with Crippen molar-refractivity contribution in [3.63, 3.8) is 0 Å². The summed E-state index contributed by atoms with van der Waals surface area (Å²) in [6, 6.07) is 12.7. The first kappa shape index (κ1) is 20.0. The van der Waals surface area contributed by atoms with E-state index in [1.807, 2.05) is 30.3 Å². The molecule has 3 rings (SSSR count). The van der Waals surface area contributed by atoms with Crippen molar-refractivity contribution < 1.29 is 14.1 Å². The van der Waals surface area contributed by atoms with Crippen LogP contribution in [0, 0.1) is 6.92 Å². The van der Waals surface area contributed by atoms with Crippen LogP contribution in [0.1, 0.15) is 22.6 Å². The van der Waals surface area contributed by atoms with Gasteiger partial charge in [0.05, 0.1) is 13.5 Å². The molecule has 0 spiro atoms. The Kier molecular flexibility index (Phi) is 6.39. The van der Waals surface area contributed by atoms with Crippen molar-refractivity contribution >= 4 is 46.9 Å². The zero-order valence-corrected chi connectivity index (χ0v) is 16.8. The predicted molar refractivity (Wildman–Crippen MR) is 112 cm³/mol. The van der Waals surface area contributed by atoms with E-state index in [0.717, 1.165) is 11.3 Å². The SMILES string of the molecule is COc1ccc(/C=C/c2noc(C)c2NC(=O)Cc2c(Cl)cccc2Cl)cc1. The smallest absolute Gasteiger partial charge is 0.229 e. The molecule has 1 heterocycles. The molecule has 0 aliphatic heterocycles. The number of hydrogen-bond donors (Lipinski definition) is 1. The van der Waals surface area contributed by atoms with Gasteiger partial charge in [-0.05, 0) is 48.4 Å². The average Bonchev–Trinajstić information content (AvgIpc) is 3.03. The van der Waals surface area contributed by atoms with E-state index in [1.54, 1.807) is 38.3 Å². The molecule has 2 aromatic carbocycles. The van der Waals surface area contributed by atoms with Crippen LogP contribution in [0.5, 0.6) is 5.75 Å². The summed E-state index contributed by atoms with van der Waals surface area (Å²) in [5.41, 5.74) is 2.57. The van der Waals surface area contributed by atoms with E-state index < -0.39 is 0 Å². The largest absolute Gasteiger partial charge is 0.497 e. The highest BCUT2D eigenvalue weighted by Gasteiger charge is 2.16. The summed E-state index contributed by atoms with van der Waals surface area (Å²) in [4.78, 5) is 12.5. The average molecular weight is 417 g/mol. The highest BCUT2D eigenvalue weighted by Crippen LogP contribution is 2.27. The molecular weight excluding hydrogens is 399 g/mol. The summed E-state index contributed by atoms with van der Waals surface area (Å²) in [5.74, 6) is 1.02. The van der Waals surface area contributed by atoms with Gasteiger partial charge in [0.2, 0.25) is 5.91 Å². The fourth-order valence-electron chi connectivity index (χ4n) is 2.59. The van der Waals surface area contributed by atoms with Crippen LogP contribution in [0.2, 0.25) is 10.0 Å². The Balaban J connectivity index is 1.75. The van der Waals surface area contributed by atoms with Gasteiger partial charge in [-0.1, -0.05) is 52.6 Å². The lowest BCUT2D eigenvalue weighted by molar-refractivity contribution is -0.115. The first-order chi connectivity index (χ1) is 13.5. The fraction of sp³-hybridized carbons (Fsp3) is 0.143. The third-order valence-electron chi connectivity index (χ3n) is 4.10. The number of rotatable bonds is 6. The van der Waals surface area contributed by atoms with Crippen LogP contribution in [-0.4, -0.2) is 18.2 Å². The summed E-state index contributed by atoms with van der Waals surface area (Å²) in [6.45, 7) is 1.73. The second kappa shape index (κ2) is 8.95. The molecule has 0 unspecified atom stereocenters. The van der Waals surface area contributed by atoms with E-state index in [1.165, 1.54) is 0 Å². The zero-order chi connectivity index (χ0) is 20.1. The normalized spacial score (nSPS) is 11.0. The van der Waals surface area contributed by atoms with Gasteiger partial charge in [-0.25, -0.2) is 0 Å². The van der Waals surface area contributed by atoms with Crippen LogP contribution >= 0.6 is 23.2 Å². The van der Waals surface area contributed by atoms with Gasteiger partial charge in [-0.3, -0.25) is 4.79 Å². The minimum absolute atomic E-state index is 0.0464. The molecule has 0 fully saturated rings. The Bertz CT molecular complexity index is 991. The van der Waals surface area contributed by atoms with Crippen LogP contribution in [0.15, 0.2) is 47.0 Å². The molecule has 0 aliphatic rings. The Morgan fingerprint density at radius 2 is 1.82 bits per heavy atom. The maximum Gasteiger partial charge on any atom is 0.229 e. The predicted octanol–water partition coefficient (Wildman–Crippen LogP) is 5.65. The number of carbonyl (C=O) groups excluding carboxylic acids is 1. The molecule has 1 aromatic heterocycles. The number of amides is 1. The lowest BCUT2D eigenvalue weighted by atomic mass is 10.1. The molecule has 3 aromatic rings. The molecular formula is C21H18Cl2N2O3. The van der Waals surface area contributed by atoms with Crippen molar-refractivity contribution in [1.82, 2.24) is 5.16 Å². The van der Waals surface area contributed by atoms with E-state index in [0.29, 0.717) is 32.8 Å². The van der Waals surface area contributed by atoms with Crippen molar-refractivity contribution in [1.29, 1.82) is 0 Å². The molecule has 1 N–H and O–H groups in total. The Morgan fingerprint density at radius 3 is 2.46 bits per heavy atom. The Morgan fingerprint density at radius 1 is 1.14 bits per heavy atom. The highest BCUT2D eigenvalue weighted by molar-refractivity contribution is 6.36. The highest BCUT2D eigenvalue weighted by atomic mass is 35.5. The van der Waals surface area contributed by atoms with Crippen LogP contribution in [0.25, 0.3) is 12.2 Å². The molecule has 0 saturated carbocycles. The molecule has 7 heteroatoms. The molecule has 0 aliphatic carbocycles. The number of benzene rings is 2. The summed E-state index contributed by atoms with van der Waals surface area (Å²) < 4.78 is 10.4. The topological polar surface area (TPSA) is 64.4 Å². The first-order valence-electron chi connectivity index (χ1n) is 8.49. The van der Waals surface area contributed by atoms with Gasteiger partial charge in [0.1, 0.15) is 17.1 Å². The molecule has 1 amide bonds. The van der Waals surface area contributed by atoms with E-state index in [2.05, 4.69) is 10.5 Å². The molecule has 0 radical (unpaired) electrons. The minimum atomic E-state index is -0.264. The lowest BCUT2D eigenvalue weighted by Crippen LogP contribution is -2.15. The third kappa shape index (κ3) is 4.74. The number of aromatic nitrogens is 1. The number of nitrogens with one attached hydrogen (secondary N) is 1. The summed E-state index contributed by atoms with van der Waals surface area (Å²) in [7, 11) is 1.62. The van der Waals surface area contributed by atoms with E-state index in [4.69, 9.17) is 32.5 Å². The van der Waals surface area contributed by atoms with Gasteiger partial charge in [-0.2, -0.15) is 0 Å². The van der Waals surface area contributed by atoms with Crippen LogP contribution in [0.3, 0.4) is 0 Å². The maximum atomic E-state index is 12.5. The molecule has 144 valence electrons. The van der Waals surface area contributed by atoms with Gasteiger partial charge in [-0.15, -0.1) is 0 Å². The molecule has 28 heavy (non-hydrogen) atoms. The van der Waals surface area contributed by atoms with Crippen LogP contribution in [-0.2, 0) is 11.2 Å². The van der Waals surface area contributed by atoms with E-state index in [-0.39, 0.29) is 12.3 Å². The van der Waals surface area contributed by atoms with Crippen molar-refractivity contribution in [3.05, 3.63) is 75.1 Å². The Hall–Kier alpha value is -2.76. The first-order valence-corrected chi connectivity index (χ1v) is 9.24. The van der Waals surface area contributed by atoms with Gasteiger partial charge in [0.15, 0.2) is 5.76 Å². The fourth-order valence-corrected chi connectivity index (χ4v) is 3.12. The zero-order valence-electron chi connectivity index (χ0n) is 15.3. The molecule has 0 bridgehead atoms. The summed E-state index contributed by atoms with van der Waals surface area (Å²) >= 11 is 12.3. The Labute approximate surface area is 172 Å². The van der Waals surface area contributed by atoms with Crippen LogP contribution in [0.4, 0.5) is 5.69 Å². The molecule has 5 nitrogen and oxygen atoms in total. The number of methoxy groups -OCH3 is 1. The summed E-state index contributed by atoms with van der Waals surface area (Å²) in [6.07, 6.45) is 3.69. The standard InChI is InChI=1S/C21H18Cl2N2O3/c1-13-21(24-20(26)12-16-17(22)4-3-5-18(16)23)19(25-28-13)11-8-14-6-9-15(27-2)10-7-14/h3-11H,12H2,1-2H3,(H,24,26)/b11-8+. The lowest BCUT2D eigenvalue weighted by Gasteiger charge is -2.08. The number of hydrogen-bond acceptors (Lipinski definition) is 4. The van der Waals surface area contributed by atoms with Crippen molar-refractivity contribution in [2.45, 2.75) is 13.3 Å². The number of nitrogens with zero attached hydrogens (tertiary/aromatic N) is 1. The van der Waals surface area contributed by atoms with Crippen molar-refractivity contribution in [2.24, 2.45) is 0 Å². The number of halogens is 2. The summed E-state index contributed by atoms with van der Waals surface area (Å²) in [5, 5.41) is 7.74. The number of carbonyl (C=O) groups is 1. The van der Waals surface area contributed by atoms with Gasteiger partial charge < -0.3 is 14.6 Å². The quantitative estimate of drug-likeness (QED) is 0.563. The van der Waals surface area contributed by atoms with Crippen molar-refractivity contribution in [2.75, 3.05) is 12.4 Å². The minimum Gasteiger partial charge on any atom is -0.497 e. The third-order valence-corrected chi connectivity index (χ3v) is 4.81. The molecule has 0 atom stereocenters. The van der Waals surface area contributed by atoms with E-state index in [9.17, 15) is 4.79 Å². The maximum absolute atomic E-state index is 12.5. The second-order valence-corrected chi connectivity index (χ2v) is 6.85. The monoisotopic (exact) mass is 416 g/mol. The van der Waals surface area contributed by atoms with Crippen LogP contribution < -0.4 is 10.1 Å². The number of ether oxygens (including phenoxy) is 1. The van der Waals surface area contributed by atoms with Crippen molar-refractivity contribution in [3.8, 4) is 5.75 Å². The molecule has 0 saturated heterocycles. The number of anilines is 1. The van der Waals surface area contributed by atoms with E-state index >= 15 is 0 Å². The second-order valence-electron chi connectivity index (χ2n) is 6.03. The van der Waals surface area contributed by atoms with Gasteiger partial charge in [0.25, 0.3) is 0 Å². The van der Waals surface area contributed by atoms with Gasteiger partial charge in [0, 0.05) is 10.0 Å². The number of aryl methyl sites for hydroxylation is 1.